The molecular weight excluding hydrogens is 188 g/mol. The third-order valence-corrected chi connectivity index (χ3v) is 2.33. The minimum atomic E-state index is 0.173. The number of nitrogens with one attached hydrogen (secondary N) is 1. The van der Waals surface area contributed by atoms with E-state index in [9.17, 15) is 0 Å². The Morgan fingerprint density at radius 1 is 1.27 bits per heavy atom. The molecule has 0 saturated carbocycles. The molecule has 1 rings (SSSR count). The van der Waals surface area contributed by atoms with E-state index >= 15 is 0 Å². The van der Waals surface area contributed by atoms with Crippen LogP contribution in [-0.2, 0) is 13.0 Å². The van der Waals surface area contributed by atoms with Gasteiger partial charge in [0.1, 0.15) is 11.6 Å². The Bertz CT molecular complexity index is 309. The van der Waals surface area contributed by atoms with Crippen molar-refractivity contribution in [1.29, 1.82) is 0 Å². The number of hydrogen-bond donors (Lipinski definition) is 1. The van der Waals surface area contributed by atoms with Crippen LogP contribution in [-0.4, -0.2) is 26.8 Å². The van der Waals surface area contributed by atoms with Gasteiger partial charge in [0.2, 0.25) is 0 Å². The standard InChI is InChI=1S/C11H22N4/c1-6-15-9(2)13-14-10(15)7-8-12-11(3,4)5/h12H,6-8H2,1-5H3. The van der Waals surface area contributed by atoms with Crippen LogP contribution in [0.2, 0.25) is 0 Å². The second kappa shape index (κ2) is 4.75. The Balaban J connectivity index is 2.51. The second-order valence-corrected chi connectivity index (χ2v) is 4.83. The van der Waals surface area contributed by atoms with E-state index in [-0.39, 0.29) is 5.54 Å². The van der Waals surface area contributed by atoms with Crippen LogP contribution >= 0.6 is 0 Å². The van der Waals surface area contributed by atoms with Crippen molar-refractivity contribution in [2.75, 3.05) is 6.54 Å². The molecule has 0 unspecified atom stereocenters. The smallest absolute Gasteiger partial charge is 0.134 e. The SMILES string of the molecule is CCn1c(C)nnc1CCNC(C)(C)C. The van der Waals surface area contributed by atoms with Crippen molar-refractivity contribution in [3.8, 4) is 0 Å². The Hall–Kier alpha value is -0.900. The first kappa shape index (κ1) is 12.2. The zero-order valence-corrected chi connectivity index (χ0v) is 10.5. The molecule has 0 amide bonds. The average molecular weight is 210 g/mol. The summed E-state index contributed by atoms with van der Waals surface area (Å²) in [7, 11) is 0. The molecule has 15 heavy (non-hydrogen) atoms. The van der Waals surface area contributed by atoms with Gasteiger partial charge in [-0.2, -0.15) is 0 Å². The number of hydrogen-bond acceptors (Lipinski definition) is 3. The van der Waals surface area contributed by atoms with Crippen molar-refractivity contribution < 1.29 is 0 Å². The molecule has 1 aromatic rings. The molecule has 0 aromatic carbocycles. The molecule has 0 saturated heterocycles. The molecular formula is C11H22N4. The molecule has 0 aliphatic carbocycles. The summed E-state index contributed by atoms with van der Waals surface area (Å²) >= 11 is 0. The maximum Gasteiger partial charge on any atom is 0.134 e. The number of nitrogens with zero attached hydrogens (tertiary/aromatic N) is 3. The van der Waals surface area contributed by atoms with E-state index in [2.05, 4.69) is 47.8 Å². The number of rotatable bonds is 4. The molecule has 0 spiro atoms. The fourth-order valence-corrected chi connectivity index (χ4v) is 1.57. The molecule has 86 valence electrons. The van der Waals surface area contributed by atoms with Gasteiger partial charge in [0.15, 0.2) is 0 Å². The van der Waals surface area contributed by atoms with Crippen LogP contribution < -0.4 is 5.32 Å². The lowest BCUT2D eigenvalue weighted by Gasteiger charge is -2.20. The Labute approximate surface area is 92.1 Å². The minimum absolute atomic E-state index is 0.173. The third kappa shape index (κ3) is 3.63. The van der Waals surface area contributed by atoms with Gasteiger partial charge in [-0.15, -0.1) is 10.2 Å². The lowest BCUT2D eigenvalue weighted by molar-refractivity contribution is 0.425. The fraction of sp³-hybridized carbons (Fsp3) is 0.818. The van der Waals surface area contributed by atoms with E-state index in [4.69, 9.17) is 0 Å². The minimum Gasteiger partial charge on any atom is -0.315 e. The summed E-state index contributed by atoms with van der Waals surface area (Å²) < 4.78 is 2.16. The highest BCUT2D eigenvalue weighted by Crippen LogP contribution is 2.03. The molecule has 1 N–H and O–H groups in total. The van der Waals surface area contributed by atoms with E-state index in [0.717, 1.165) is 31.2 Å². The van der Waals surface area contributed by atoms with Gasteiger partial charge in [-0.25, -0.2) is 0 Å². The van der Waals surface area contributed by atoms with Crippen molar-refractivity contribution in [3.63, 3.8) is 0 Å². The molecule has 0 bridgehead atoms. The van der Waals surface area contributed by atoms with Gasteiger partial charge < -0.3 is 9.88 Å². The Kier molecular flexibility index (Phi) is 3.85. The fourth-order valence-electron chi connectivity index (χ4n) is 1.57. The quantitative estimate of drug-likeness (QED) is 0.819. The van der Waals surface area contributed by atoms with Crippen molar-refractivity contribution in [2.24, 2.45) is 0 Å². The van der Waals surface area contributed by atoms with Gasteiger partial charge >= 0.3 is 0 Å². The summed E-state index contributed by atoms with van der Waals surface area (Å²) in [5.41, 5.74) is 0.173. The van der Waals surface area contributed by atoms with E-state index in [1.807, 2.05) is 6.92 Å². The second-order valence-electron chi connectivity index (χ2n) is 4.83. The van der Waals surface area contributed by atoms with E-state index < -0.39 is 0 Å². The summed E-state index contributed by atoms with van der Waals surface area (Å²) in [5, 5.41) is 11.7. The Morgan fingerprint density at radius 3 is 2.47 bits per heavy atom. The third-order valence-electron chi connectivity index (χ3n) is 2.33. The molecule has 0 aliphatic heterocycles. The highest BCUT2D eigenvalue weighted by atomic mass is 15.3. The van der Waals surface area contributed by atoms with Crippen LogP contribution in [0.4, 0.5) is 0 Å². The maximum atomic E-state index is 4.18. The normalized spacial score (nSPS) is 12.1. The van der Waals surface area contributed by atoms with Gasteiger partial charge in [0.05, 0.1) is 0 Å². The van der Waals surface area contributed by atoms with E-state index in [1.165, 1.54) is 0 Å². The zero-order valence-electron chi connectivity index (χ0n) is 10.5. The van der Waals surface area contributed by atoms with Crippen LogP contribution in [0.15, 0.2) is 0 Å². The lowest BCUT2D eigenvalue weighted by Crippen LogP contribution is -2.37. The lowest BCUT2D eigenvalue weighted by atomic mass is 10.1. The molecule has 0 atom stereocenters. The first-order valence-corrected chi connectivity index (χ1v) is 5.57. The highest BCUT2D eigenvalue weighted by Gasteiger charge is 2.10. The maximum absolute atomic E-state index is 4.18. The predicted octanol–water partition coefficient (Wildman–Crippen LogP) is 1.54. The number of aryl methyl sites for hydroxylation is 1. The van der Waals surface area contributed by atoms with Gasteiger partial charge in [-0.05, 0) is 34.6 Å². The molecule has 4 nitrogen and oxygen atoms in total. The first-order valence-electron chi connectivity index (χ1n) is 5.57. The summed E-state index contributed by atoms with van der Waals surface area (Å²) in [6.45, 7) is 12.5. The topological polar surface area (TPSA) is 42.7 Å². The molecule has 0 fully saturated rings. The van der Waals surface area contributed by atoms with Crippen molar-refractivity contribution in [3.05, 3.63) is 11.6 Å². The Morgan fingerprint density at radius 2 is 1.93 bits per heavy atom. The summed E-state index contributed by atoms with van der Waals surface area (Å²) in [5.74, 6) is 2.08. The van der Waals surface area contributed by atoms with E-state index in [1.54, 1.807) is 0 Å². The molecule has 1 aromatic heterocycles. The van der Waals surface area contributed by atoms with Crippen LogP contribution in [0, 0.1) is 6.92 Å². The largest absolute Gasteiger partial charge is 0.315 e. The molecule has 0 aliphatic rings. The predicted molar refractivity (Wildman–Crippen MR) is 61.9 cm³/mol. The summed E-state index contributed by atoms with van der Waals surface area (Å²) in [6, 6.07) is 0. The monoisotopic (exact) mass is 210 g/mol. The van der Waals surface area contributed by atoms with Crippen LogP contribution in [0.25, 0.3) is 0 Å². The van der Waals surface area contributed by atoms with E-state index in [0.29, 0.717) is 0 Å². The van der Waals surface area contributed by atoms with Crippen molar-refractivity contribution in [2.45, 2.75) is 53.1 Å². The zero-order chi connectivity index (χ0) is 11.5. The molecule has 4 heteroatoms. The van der Waals surface area contributed by atoms with Gasteiger partial charge in [-0.3, -0.25) is 0 Å². The molecule has 1 heterocycles. The van der Waals surface area contributed by atoms with Crippen LogP contribution in [0.3, 0.4) is 0 Å². The molecule has 0 radical (unpaired) electrons. The van der Waals surface area contributed by atoms with Crippen LogP contribution in [0.1, 0.15) is 39.3 Å². The van der Waals surface area contributed by atoms with Gasteiger partial charge in [0.25, 0.3) is 0 Å². The first-order chi connectivity index (χ1) is 6.94. The summed E-state index contributed by atoms with van der Waals surface area (Å²) in [6.07, 6.45) is 0.936. The number of aromatic nitrogens is 3. The van der Waals surface area contributed by atoms with Gasteiger partial charge in [0, 0.05) is 25.0 Å². The van der Waals surface area contributed by atoms with Gasteiger partial charge in [-0.1, -0.05) is 0 Å². The highest BCUT2D eigenvalue weighted by molar-refractivity contribution is 4.94. The van der Waals surface area contributed by atoms with Crippen LogP contribution in [0.5, 0.6) is 0 Å². The van der Waals surface area contributed by atoms with Crippen molar-refractivity contribution >= 4 is 0 Å². The summed E-state index contributed by atoms with van der Waals surface area (Å²) in [4.78, 5) is 0. The average Bonchev–Trinajstić information content (AvgIpc) is 2.44. The van der Waals surface area contributed by atoms with Crippen molar-refractivity contribution in [1.82, 2.24) is 20.1 Å².